The van der Waals surface area contributed by atoms with Crippen LogP contribution in [-0.4, -0.2) is 66.5 Å². The molecule has 0 aromatic carbocycles. The van der Waals surface area contributed by atoms with Crippen LogP contribution in [0.25, 0.3) is 11.0 Å². The Labute approximate surface area is 223 Å². The Balaban J connectivity index is 1.36. The van der Waals surface area contributed by atoms with Crippen molar-refractivity contribution in [2.24, 2.45) is 0 Å². The van der Waals surface area contributed by atoms with E-state index in [2.05, 4.69) is 50.6 Å². The highest BCUT2D eigenvalue weighted by Gasteiger charge is 2.31. The molecule has 2 aliphatic heterocycles. The van der Waals surface area contributed by atoms with Crippen molar-refractivity contribution in [2.45, 2.75) is 90.3 Å². The number of allylic oxidation sites excluding steroid dienone is 2. The lowest BCUT2D eigenvalue weighted by molar-refractivity contribution is 0.116. The SMILES string of the molecule is CC(C)=C1CCC(N2CCC(n3c(CCNN[SH](=O)=O)c(CN4CCCC4)c4cccnc43)CC2)CC1. The molecule has 2 aromatic heterocycles. The summed E-state index contributed by atoms with van der Waals surface area (Å²) in [6.45, 7) is 10.6. The van der Waals surface area contributed by atoms with Crippen molar-refractivity contribution in [1.29, 1.82) is 0 Å². The number of likely N-dealkylation sites (tertiary alicyclic amines) is 2. The van der Waals surface area contributed by atoms with Crippen LogP contribution in [0.4, 0.5) is 0 Å². The van der Waals surface area contributed by atoms with Gasteiger partial charge in [0.1, 0.15) is 5.65 Å². The van der Waals surface area contributed by atoms with Crippen molar-refractivity contribution in [3.05, 3.63) is 40.7 Å². The van der Waals surface area contributed by atoms with E-state index in [4.69, 9.17) is 4.98 Å². The second-order valence-corrected chi connectivity index (χ2v) is 12.0. The Morgan fingerprint density at radius 3 is 2.43 bits per heavy atom. The molecule has 8 nitrogen and oxygen atoms in total. The van der Waals surface area contributed by atoms with E-state index in [0.717, 1.165) is 63.7 Å². The fraction of sp³-hybridized carbons (Fsp3) is 0.679. The van der Waals surface area contributed by atoms with Gasteiger partial charge in [0, 0.05) is 62.0 Å². The summed E-state index contributed by atoms with van der Waals surface area (Å²) in [7, 11) is -2.65. The molecule has 0 spiro atoms. The van der Waals surface area contributed by atoms with Crippen LogP contribution in [0.2, 0.25) is 0 Å². The summed E-state index contributed by atoms with van der Waals surface area (Å²) in [5.74, 6) is 0. The topological polar surface area (TPSA) is 82.5 Å². The van der Waals surface area contributed by atoms with Gasteiger partial charge in [-0.15, -0.1) is 0 Å². The molecule has 204 valence electrons. The van der Waals surface area contributed by atoms with Crippen LogP contribution in [0, 0.1) is 0 Å². The van der Waals surface area contributed by atoms with E-state index in [1.807, 2.05) is 6.20 Å². The van der Waals surface area contributed by atoms with Crippen LogP contribution < -0.4 is 10.3 Å². The number of thiol groups is 1. The van der Waals surface area contributed by atoms with Gasteiger partial charge >= 0.3 is 0 Å². The van der Waals surface area contributed by atoms with Crippen molar-refractivity contribution in [3.63, 3.8) is 0 Å². The van der Waals surface area contributed by atoms with Crippen LogP contribution in [0.3, 0.4) is 0 Å². The highest BCUT2D eigenvalue weighted by molar-refractivity contribution is 7.70. The summed E-state index contributed by atoms with van der Waals surface area (Å²) in [4.78, 5) is 12.6. The minimum Gasteiger partial charge on any atom is -0.326 e. The quantitative estimate of drug-likeness (QED) is 0.199. The van der Waals surface area contributed by atoms with Crippen molar-refractivity contribution in [1.82, 2.24) is 29.6 Å². The van der Waals surface area contributed by atoms with E-state index in [-0.39, 0.29) is 0 Å². The third kappa shape index (κ3) is 6.28. The number of hydrogen-bond acceptors (Lipinski definition) is 6. The average molecular weight is 529 g/mol. The number of aromatic nitrogens is 2. The lowest BCUT2D eigenvalue weighted by atomic mass is 9.86. The molecule has 3 aliphatic rings. The maximum atomic E-state index is 11.0. The third-order valence-corrected chi connectivity index (χ3v) is 9.20. The Morgan fingerprint density at radius 1 is 1.03 bits per heavy atom. The number of pyridine rings is 1. The van der Waals surface area contributed by atoms with E-state index in [9.17, 15) is 8.42 Å². The van der Waals surface area contributed by atoms with Gasteiger partial charge in [0.05, 0.1) is 0 Å². The van der Waals surface area contributed by atoms with Crippen LogP contribution >= 0.6 is 0 Å². The van der Waals surface area contributed by atoms with E-state index in [1.54, 1.807) is 5.57 Å². The largest absolute Gasteiger partial charge is 0.326 e. The molecular weight excluding hydrogens is 484 g/mol. The molecule has 4 heterocycles. The molecule has 2 N–H and O–H groups in total. The second kappa shape index (κ2) is 12.4. The van der Waals surface area contributed by atoms with Crippen LogP contribution in [0.1, 0.15) is 82.5 Å². The summed E-state index contributed by atoms with van der Waals surface area (Å²) < 4.78 is 24.5. The lowest BCUT2D eigenvalue weighted by Gasteiger charge is -2.40. The Hall–Kier alpha value is -1.78. The zero-order chi connectivity index (χ0) is 25.8. The first kappa shape index (κ1) is 26.8. The minimum absolute atomic E-state index is 0.428. The summed E-state index contributed by atoms with van der Waals surface area (Å²) in [6.07, 6.45) is 12.6. The maximum absolute atomic E-state index is 11.0. The van der Waals surface area contributed by atoms with Crippen molar-refractivity contribution >= 4 is 21.9 Å². The van der Waals surface area contributed by atoms with Gasteiger partial charge in [0.15, 0.2) is 0 Å². The number of piperidine rings is 1. The number of rotatable bonds is 9. The van der Waals surface area contributed by atoms with E-state index >= 15 is 0 Å². The summed E-state index contributed by atoms with van der Waals surface area (Å²) in [6, 6.07) is 5.43. The van der Waals surface area contributed by atoms with Gasteiger partial charge in [-0.1, -0.05) is 11.1 Å². The zero-order valence-corrected chi connectivity index (χ0v) is 23.4. The predicted octanol–water partition coefficient (Wildman–Crippen LogP) is 3.71. The van der Waals surface area contributed by atoms with Gasteiger partial charge in [-0.3, -0.25) is 4.90 Å². The Morgan fingerprint density at radius 2 is 1.76 bits per heavy atom. The minimum atomic E-state index is -2.65. The van der Waals surface area contributed by atoms with Crippen LogP contribution in [0.15, 0.2) is 29.5 Å². The third-order valence-electron chi connectivity index (χ3n) is 8.86. The molecule has 2 aromatic rings. The van der Waals surface area contributed by atoms with Crippen molar-refractivity contribution in [2.75, 3.05) is 32.7 Å². The maximum Gasteiger partial charge on any atom is 0.214 e. The van der Waals surface area contributed by atoms with Crippen molar-refractivity contribution in [3.8, 4) is 0 Å². The number of nitrogens with one attached hydrogen (secondary N) is 2. The molecule has 3 fully saturated rings. The van der Waals surface area contributed by atoms with Gasteiger partial charge in [-0.2, -0.15) is 4.83 Å². The summed E-state index contributed by atoms with van der Waals surface area (Å²) in [5, 5.41) is 1.26. The lowest BCUT2D eigenvalue weighted by Crippen LogP contribution is -2.43. The number of hydrogen-bond donors (Lipinski definition) is 3. The van der Waals surface area contributed by atoms with Gasteiger partial charge < -0.3 is 9.47 Å². The molecule has 2 saturated heterocycles. The second-order valence-electron chi connectivity index (χ2n) is 11.3. The van der Waals surface area contributed by atoms with E-state index < -0.39 is 10.9 Å². The van der Waals surface area contributed by atoms with E-state index in [0.29, 0.717) is 12.6 Å². The first-order chi connectivity index (χ1) is 18.0. The monoisotopic (exact) mass is 528 g/mol. The molecule has 0 atom stereocenters. The highest BCUT2D eigenvalue weighted by atomic mass is 32.2. The average Bonchev–Trinajstić information content (AvgIpc) is 3.53. The highest BCUT2D eigenvalue weighted by Crippen LogP contribution is 2.36. The molecular formula is C28H44N6O2S. The van der Waals surface area contributed by atoms with Crippen LogP contribution in [-0.2, 0) is 23.9 Å². The molecule has 0 radical (unpaired) electrons. The molecule has 1 saturated carbocycles. The summed E-state index contributed by atoms with van der Waals surface area (Å²) in [5.41, 5.74) is 9.88. The smallest absolute Gasteiger partial charge is 0.214 e. The Kier molecular flexibility index (Phi) is 8.97. The fourth-order valence-electron chi connectivity index (χ4n) is 6.89. The van der Waals surface area contributed by atoms with Gasteiger partial charge in [0.25, 0.3) is 0 Å². The molecule has 1 aliphatic carbocycles. The Bertz CT molecular complexity index is 1150. The zero-order valence-electron chi connectivity index (χ0n) is 22.5. The number of nitrogens with zero attached hydrogens (tertiary/aromatic N) is 4. The van der Waals surface area contributed by atoms with Gasteiger partial charge in [-0.25, -0.2) is 18.8 Å². The van der Waals surface area contributed by atoms with Crippen LogP contribution in [0.5, 0.6) is 0 Å². The molecule has 9 heteroatoms. The molecule has 0 amide bonds. The first-order valence-corrected chi connectivity index (χ1v) is 15.4. The molecule has 5 rings (SSSR count). The molecule has 0 unspecified atom stereocenters. The normalized spacial score (nSPS) is 22.5. The number of fused-ring (bicyclic) bond motifs is 1. The first-order valence-electron chi connectivity index (χ1n) is 14.2. The van der Waals surface area contributed by atoms with Gasteiger partial charge in [-0.05, 0) is 96.0 Å². The van der Waals surface area contributed by atoms with Crippen molar-refractivity contribution < 1.29 is 8.42 Å². The van der Waals surface area contributed by atoms with Gasteiger partial charge in [0.2, 0.25) is 10.9 Å². The molecule has 0 bridgehead atoms. The summed E-state index contributed by atoms with van der Waals surface area (Å²) >= 11 is 0. The molecule has 37 heavy (non-hydrogen) atoms. The number of hydrazine groups is 1. The fourth-order valence-corrected chi connectivity index (χ4v) is 7.13. The van der Waals surface area contributed by atoms with E-state index in [1.165, 1.54) is 60.7 Å². The standard InChI is InChI=1S/C28H44N6O2S/c1-21(2)22-7-9-23(10-8-22)33-18-12-24(13-19-33)34-27(11-15-30-31-37(35)36)26(20-32-16-3-4-17-32)25-6-5-14-29-28(25)34/h5-6,14,23-24,30,37H,3-4,7-13,15-20H2,1-2H3,(H,31,35,36). The predicted molar refractivity (Wildman–Crippen MR) is 150 cm³/mol.